The Morgan fingerprint density at radius 2 is 1.91 bits per heavy atom. The Kier molecular flexibility index (Phi) is 4.80. The van der Waals surface area contributed by atoms with Crippen molar-refractivity contribution in [1.29, 1.82) is 0 Å². The Bertz CT molecular complexity index is 1100. The Morgan fingerprint density at radius 1 is 1.19 bits per heavy atom. The van der Waals surface area contributed by atoms with Crippen LogP contribution in [0.3, 0.4) is 0 Å². The lowest BCUT2D eigenvalue weighted by atomic mass is 9.80. The first-order valence-corrected chi connectivity index (χ1v) is 11.1. The van der Waals surface area contributed by atoms with Crippen molar-refractivity contribution in [3.05, 3.63) is 53.1 Å². The second-order valence-corrected chi connectivity index (χ2v) is 10.0. The molecule has 1 atom stereocenters. The smallest absolute Gasteiger partial charge is 0.283 e. The van der Waals surface area contributed by atoms with E-state index in [4.69, 9.17) is 24.9 Å². The maximum Gasteiger partial charge on any atom is 0.283 e. The predicted molar refractivity (Wildman–Crippen MR) is 121 cm³/mol. The molecule has 0 radical (unpaired) electrons. The number of carbonyl (C=O) groups is 1. The first kappa shape index (κ1) is 20.7. The molecule has 3 N–H and O–H groups in total. The van der Waals surface area contributed by atoms with Crippen LogP contribution in [-0.4, -0.2) is 31.2 Å². The van der Waals surface area contributed by atoms with Gasteiger partial charge in [0, 0.05) is 22.7 Å². The normalized spacial score (nSPS) is 21.5. The fraction of sp³-hybridized carbons (Fsp3) is 0.440. The van der Waals surface area contributed by atoms with Crippen LogP contribution in [0, 0.1) is 5.41 Å². The average Bonchev–Trinajstić information content (AvgIpc) is 3.11. The molecule has 32 heavy (non-hydrogen) atoms. The number of amides is 1. The van der Waals surface area contributed by atoms with Crippen LogP contribution in [0.4, 0.5) is 0 Å². The molecule has 1 spiro atoms. The fourth-order valence-electron chi connectivity index (χ4n) is 4.19. The molecule has 7 nitrogen and oxygen atoms in total. The van der Waals surface area contributed by atoms with E-state index in [9.17, 15) is 4.79 Å². The van der Waals surface area contributed by atoms with E-state index in [0.29, 0.717) is 23.7 Å². The summed E-state index contributed by atoms with van der Waals surface area (Å²) < 4.78 is 17.9. The van der Waals surface area contributed by atoms with E-state index in [1.165, 1.54) is 0 Å². The van der Waals surface area contributed by atoms with Gasteiger partial charge in [-0.3, -0.25) is 4.79 Å². The molecular formula is C25H29N3O4. The zero-order chi connectivity index (χ0) is 22.5. The van der Waals surface area contributed by atoms with E-state index in [2.05, 4.69) is 26.1 Å². The first-order valence-electron chi connectivity index (χ1n) is 11.1. The van der Waals surface area contributed by atoms with Gasteiger partial charge in [0.2, 0.25) is 0 Å². The average molecular weight is 436 g/mol. The highest BCUT2D eigenvalue weighted by Crippen LogP contribution is 2.51. The molecule has 1 saturated carbocycles. The number of benzene rings is 2. The zero-order valence-corrected chi connectivity index (χ0v) is 18.7. The molecule has 2 heterocycles. The van der Waals surface area contributed by atoms with E-state index in [-0.39, 0.29) is 30.0 Å². The molecule has 0 aromatic heterocycles. The maximum absolute atomic E-state index is 12.8. The maximum atomic E-state index is 12.8. The fourth-order valence-corrected chi connectivity index (χ4v) is 4.19. The lowest BCUT2D eigenvalue weighted by Crippen LogP contribution is -2.39. The minimum atomic E-state index is -0.888. The number of ether oxygens (including phenoxy) is 3. The predicted octanol–water partition coefficient (Wildman–Crippen LogP) is 4.09. The molecule has 5 rings (SSSR count). The molecule has 7 heteroatoms. The molecule has 1 aliphatic carbocycles. The minimum Gasteiger partial charge on any atom is -0.493 e. The number of carbonyl (C=O) groups excluding carboxylic acids is 1. The Hall–Kier alpha value is -3.22. The van der Waals surface area contributed by atoms with Crippen molar-refractivity contribution in [3.8, 4) is 17.2 Å². The highest BCUT2D eigenvalue weighted by molar-refractivity contribution is 5.95. The van der Waals surface area contributed by atoms with Crippen LogP contribution in [0.1, 0.15) is 61.5 Å². The lowest BCUT2D eigenvalue weighted by Gasteiger charge is -2.34. The third-order valence-corrected chi connectivity index (χ3v) is 6.15. The largest absolute Gasteiger partial charge is 0.493 e. The van der Waals surface area contributed by atoms with E-state index < -0.39 is 5.54 Å². The van der Waals surface area contributed by atoms with E-state index in [1.807, 2.05) is 30.3 Å². The van der Waals surface area contributed by atoms with Crippen molar-refractivity contribution in [2.45, 2.75) is 51.6 Å². The minimum absolute atomic E-state index is 0.0262. The van der Waals surface area contributed by atoms with Crippen molar-refractivity contribution in [2.75, 3.05) is 13.2 Å². The summed E-state index contributed by atoms with van der Waals surface area (Å²) in [7, 11) is 0. The summed E-state index contributed by atoms with van der Waals surface area (Å²) in [6, 6.07) is 11.6. The third kappa shape index (κ3) is 3.66. The van der Waals surface area contributed by atoms with Crippen molar-refractivity contribution < 1.29 is 19.0 Å². The summed E-state index contributed by atoms with van der Waals surface area (Å²) >= 11 is 0. The first-order chi connectivity index (χ1) is 15.2. The van der Waals surface area contributed by atoms with Gasteiger partial charge in [-0.25, -0.2) is 4.99 Å². The van der Waals surface area contributed by atoms with Gasteiger partial charge in [-0.05, 0) is 61.1 Å². The molecule has 3 aliphatic rings. The van der Waals surface area contributed by atoms with Crippen LogP contribution in [0.15, 0.2) is 41.4 Å². The van der Waals surface area contributed by atoms with Crippen LogP contribution in [0.5, 0.6) is 17.2 Å². The van der Waals surface area contributed by atoms with Crippen LogP contribution < -0.4 is 20.5 Å². The number of hydrogen-bond donors (Lipinski definition) is 2. The van der Waals surface area contributed by atoms with Gasteiger partial charge in [0.05, 0.1) is 6.61 Å². The number of nitrogens with zero attached hydrogens (tertiary/aromatic N) is 1. The Labute approximate surface area is 188 Å². The Morgan fingerprint density at radius 3 is 2.53 bits per heavy atom. The highest BCUT2D eigenvalue weighted by atomic mass is 16.5. The van der Waals surface area contributed by atoms with E-state index in [1.54, 1.807) is 6.07 Å². The summed E-state index contributed by atoms with van der Waals surface area (Å²) in [4.78, 5) is 17.5. The van der Waals surface area contributed by atoms with E-state index >= 15 is 0 Å². The standard InChI is InChI=1S/C25H29N3O4/c1-24(2,3)13-30-17-8-10-21-19(12-17)25(14-31-23(26)28-25)18-11-15(7-9-20(18)32-21)22(29)27-16-5-4-6-16/h7-12,16H,4-6,13-14H2,1-3H3,(H2,26,28)(H,27,29)/t25-/m0/s1. The molecule has 1 amide bonds. The second-order valence-electron chi connectivity index (χ2n) is 10.0. The summed E-state index contributed by atoms with van der Waals surface area (Å²) in [6.45, 7) is 7.18. The van der Waals surface area contributed by atoms with Crippen LogP contribution in [-0.2, 0) is 10.3 Å². The number of rotatable bonds is 4. The molecule has 1 fully saturated rings. The molecule has 2 aliphatic heterocycles. The number of aliphatic imine (C=N–C) groups is 1. The van der Waals surface area contributed by atoms with Crippen LogP contribution in [0.2, 0.25) is 0 Å². The van der Waals surface area contributed by atoms with Crippen molar-refractivity contribution >= 4 is 11.9 Å². The SMILES string of the molecule is CC(C)(C)COc1ccc2c(c1)[C@]1(COC(N)=N1)c1cc(C(=O)NC3CCC3)ccc1O2. The molecule has 0 bridgehead atoms. The van der Waals surface area contributed by atoms with Crippen molar-refractivity contribution in [1.82, 2.24) is 5.32 Å². The molecule has 168 valence electrons. The van der Waals surface area contributed by atoms with Gasteiger partial charge in [-0.1, -0.05) is 20.8 Å². The molecular weight excluding hydrogens is 406 g/mol. The lowest BCUT2D eigenvalue weighted by molar-refractivity contribution is 0.0916. The van der Waals surface area contributed by atoms with Crippen LogP contribution in [0.25, 0.3) is 0 Å². The van der Waals surface area contributed by atoms with Gasteiger partial charge in [-0.2, -0.15) is 0 Å². The van der Waals surface area contributed by atoms with Gasteiger partial charge in [-0.15, -0.1) is 0 Å². The summed E-state index contributed by atoms with van der Waals surface area (Å²) in [5.74, 6) is 1.96. The Balaban J connectivity index is 1.54. The molecule has 2 aromatic carbocycles. The van der Waals surface area contributed by atoms with E-state index in [0.717, 1.165) is 36.1 Å². The quantitative estimate of drug-likeness (QED) is 0.754. The van der Waals surface area contributed by atoms with Crippen LogP contribution >= 0.6 is 0 Å². The number of nitrogens with one attached hydrogen (secondary N) is 1. The van der Waals surface area contributed by atoms with Gasteiger partial charge < -0.3 is 25.3 Å². The molecule has 0 saturated heterocycles. The number of amidine groups is 1. The van der Waals surface area contributed by atoms with Crippen molar-refractivity contribution in [3.63, 3.8) is 0 Å². The zero-order valence-electron chi connectivity index (χ0n) is 18.7. The van der Waals surface area contributed by atoms with Gasteiger partial charge in [0.25, 0.3) is 11.9 Å². The topological polar surface area (TPSA) is 95.2 Å². The summed E-state index contributed by atoms with van der Waals surface area (Å²) in [5, 5.41) is 3.09. The monoisotopic (exact) mass is 435 g/mol. The second kappa shape index (κ2) is 7.43. The molecule has 0 unspecified atom stereocenters. The number of nitrogens with two attached hydrogens (primary N) is 1. The van der Waals surface area contributed by atoms with Gasteiger partial charge in [0.1, 0.15) is 23.9 Å². The summed E-state index contributed by atoms with van der Waals surface area (Å²) in [6.07, 6.45) is 3.22. The number of fused-ring (bicyclic) bond motifs is 4. The van der Waals surface area contributed by atoms with Crippen molar-refractivity contribution in [2.24, 2.45) is 16.1 Å². The number of hydrogen-bond acceptors (Lipinski definition) is 6. The third-order valence-electron chi connectivity index (χ3n) is 6.15. The van der Waals surface area contributed by atoms with Gasteiger partial charge >= 0.3 is 0 Å². The van der Waals surface area contributed by atoms with Gasteiger partial charge in [0.15, 0.2) is 5.54 Å². The summed E-state index contributed by atoms with van der Waals surface area (Å²) in [5.41, 5.74) is 7.26. The molecule has 2 aromatic rings. The highest BCUT2D eigenvalue weighted by Gasteiger charge is 2.47.